The number of likely N-dealkylation sites (N-methyl/N-ethyl adjacent to an activating group) is 1. The van der Waals surface area contributed by atoms with Crippen molar-refractivity contribution in [3.8, 4) is 0 Å². The van der Waals surface area contributed by atoms with E-state index in [1.165, 1.54) is 173 Å². The molecule has 0 fully saturated rings. The Hall–Kier alpha value is -1.58. The molecule has 0 aliphatic carbocycles. The number of quaternary nitrogens is 1. The topological polar surface area (TPSA) is 128 Å². The lowest BCUT2D eigenvalue weighted by Crippen LogP contribution is -2.51. The van der Waals surface area contributed by atoms with Gasteiger partial charge in [0.05, 0.1) is 39.9 Å². The molecule has 9 nitrogen and oxygen atoms in total. The van der Waals surface area contributed by atoms with E-state index in [1.54, 1.807) is 0 Å². The molecule has 1 amide bonds. The molecule has 0 heterocycles. The molecule has 0 aromatic carbocycles. The summed E-state index contributed by atoms with van der Waals surface area (Å²) in [5.41, 5.74) is 0. The Morgan fingerprint density at radius 2 is 0.899 bits per heavy atom. The van der Waals surface area contributed by atoms with Crippen LogP contribution in [0.5, 0.6) is 0 Å². The third kappa shape index (κ3) is 51.1. The van der Waals surface area contributed by atoms with E-state index in [-0.39, 0.29) is 18.9 Å². The van der Waals surface area contributed by atoms with Gasteiger partial charge in [0.2, 0.25) is 5.91 Å². The molecule has 0 spiro atoms. The Bertz CT molecular complexity index is 1280. The van der Waals surface area contributed by atoms with Crippen LogP contribution in [0.2, 0.25) is 0 Å². The van der Waals surface area contributed by atoms with Gasteiger partial charge in [-0.2, -0.15) is 0 Å². The third-order valence-electron chi connectivity index (χ3n) is 13.2. The predicted molar refractivity (Wildman–Crippen MR) is 294 cm³/mol. The molecule has 0 aliphatic rings. The Balaban J connectivity index is 4.06. The minimum atomic E-state index is -4.68. The molecular weight excluding hydrogens is 880 g/mol. The van der Waals surface area contributed by atoms with Crippen molar-refractivity contribution in [3.05, 3.63) is 48.6 Å². The monoisotopic (exact) mass is 993 g/mol. The number of phosphoric acid groups is 1. The Morgan fingerprint density at radius 1 is 0.536 bits per heavy atom. The summed E-state index contributed by atoms with van der Waals surface area (Å²) in [5, 5.41) is 24.7. The van der Waals surface area contributed by atoms with Gasteiger partial charge < -0.3 is 34.0 Å². The molecule has 4 atom stereocenters. The number of aliphatic hydroxyl groups excluding tert-OH is 2. The van der Waals surface area contributed by atoms with Crippen LogP contribution in [0.4, 0.5) is 0 Å². The van der Waals surface area contributed by atoms with Crippen molar-refractivity contribution in [2.24, 2.45) is 0 Å². The van der Waals surface area contributed by atoms with Crippen molar-refractivity contribution < 1.29 is 38.0 Å². The van der Waals surface area contributed by atoms with E-state index in [0.29, 0.717) is 30.3 Å². The van der Waals surface area contributed by atoms with E-state index in [9.17, 15) is 24.5 Å². The summed E-state index contributed by atoms with van der Waals surface area (Å²) < 4.78 is 23.2. The average molecular weight is 994 g/mol. The highest BCUT2D eigenvalue weighted by Gasteiger charge is 2.29. The van der Waals surface area contributed by atoms with E-state index in [1.807, 2.05) is 28.1 Å². The molecular formula is C59H113N2O7P. The van der Waals surface area contributed by atoms with Gasteiger partial charge in [-0.15, -0.1) is 0 Å². The van der Waals surface area contributed by atoms with Crippen molar-refractivity contribution in [1.29, 1.82) is 0 Å². The third-order valence-corrected chi connectivity index (χ3v) is 14.1. The number of unbranched alkanes of at least 4 members (excludes halogenated alkanes) is 32. The largest absolute Gasteiger partial charge is 0.756 e. The summed E-state index contributed by atoms with van der Waals surface area (Å²) in [6.45, 7) is 4.21. The number of allylic oxidation sites excluding steroid dienone is 8. The predicted octanol–water partition coefficient (Wildman–Crippen LogP) is 15.9. The summed E-state index contributed by atoms with van der Waals surface area (Å²) >= 11 is 0. The van der Waals surface area contributed by atoms with Crippen LogP contribution in [0.25, 0.3) is 0 Å². The molecule has 4 unspecified atom stereocenters. The first-order chi connectivity index (χ1) is 33.4. The SMILES string of the molecule is C/C=C/CC/C=C/CC/C=C/CCCC(O)C(O)C(COP(=O)([O-])OCC[N+](C)(C)C)NC(=O)CCCCCCCCCCCCCCCCCCCCCCC/C=C\CCCCCCCCCC. The Morgan fingerprint density at radius 3 is 1.30 bits per heavy atom. The standard InChI is InChI=1S/C59H113N2O7P/c1-6-8-10-12-14-16-18-20-21-22-23-24-25-26-27-28-29-30-31-32-33-34-35-36-37-38-39-40-42-44-46-48-50-52-58(63)60-56(55-68-69(65,66)67-54-53-61(3,4)5)59(64)57(62)51-49-47-45-43-41-19-17-15-13-11-9-7-2/h7,9,15,17,22-23,43,45,56-57,59,62,64H,6,8,10-14,16,18-21,24-42,44,46-55H2,1-5H3,(H-,60,63,65,66)/b9-7+,17-15+,23-22-,45-43+. The van der Waals surface area contributed by atoms with E-state index in [0.717, 1.165) is 51.4 Å². The van der Waals surface area contributed by atoms with Crippen LogP contribution in [0.1, 0.15) is 264 Å². The van der Waals surface area contributed by atoms with Gasteiger partial charge in [-0.05, 0) is 84.0 Å². The second-order valence-corrected chi connectivity index (χ2v) is 22.5. The van der Waals surface area contributed by atoms with E-state index in [4.69, 9.17) is 9.05 Å². The van der Waals surface area contributed by atoms with Gasteiger partial charge in [0, 0.05) is 6.42 Å². The highest BCUT2D eigenvalue weighted by molar-refractivity contribution is 7.45. The lowest BCUT2D eigenvalue weighted by atomic mass is 10.0. The zero-order valence-corrected chi connectivity index (χ0v) is 46.8. The number of hydrogen-bond acceptors (Lipinski definition) is 7. The van der Waals surface area contributed by atoms with Crippen LogP contribution in [0.3, 0.4) is 0 Å². The highest BCUT2D eigenvalue weighted by atomic mass is 31.2. The molecule has 0 radical (unpaired) electrons. The van der Waals surface area contributed by atoms with Crippen LogP contribution in [0.15, 0.2) is 48.6 Å². The quantitative estimate of drug-likeness (QED) is 0.0240. The Labute approximate surface area is 427 Å². The van der Waals surface area contributed by atoms with Crippen LogP contribution in [0, 0.1) is 0 Å². The molecule has 406 valence electrons. The number of phosphoric ester groups is 1. The van der Waals surface area contributed by atoms with Crippen molar-refractivity contribution in [2.75, 3.05) is 40.9 Å². The summed E-state index contributed by atoms with van der Waals surface area (Å²) in [4.78, 5) is 25.5. The van der Waals surface area contributed by atoms with Gasteiger partial charge in [0.25, 0.3) is 7.82 Å². The summed E-state index contributed by atoms with van der Waals surface area (Å²) in [6, 6.07) is -1.10. The number of hydrogen-bond donors (Lipinski definition) is 3. The molecule has 0 rings (SSSR count). The van der Waals surface area contributed by atoms with Crippen molar-refractivity contribution in [2.45, 2.75) is 283 Å². The highest BCUT2D eigenvalue weighted by Crippen LogP contribution is 2.38. The molecule has 0 saturated carbocycles. The first kappa shape index (κ1) is 67.4. The summed E-state index contributed by atoms with van der Waals surface area (Å²) in [5.74, 6) is -0.292. The van der Waals surface area contributed by atoms with Crippen molar-refractivity contribution in [3.63, 3.8) is 0 Å². The summed E-state index contributed by atoms with van der Waals surface area (Å²) in [6.07, 6.45) is 62.2. The molecule has 0 aromatic heterocycles. The molecule has 0 saturated heterocycles. The van der Waals surface area contributed by atoms with Crippen LogP contribution in [-0.4, -0.2) is 79.8 Å². The number of rotatable bonds is 53. The van der Waals surface area contributed by atoms with Crippen LogP contribution in [-0.2, 0) is 18.4 Å². The number of carbonyl (C=O) groups excluding carboxylic acids is 1. The molecule has 3 N–H and O–H groups in total. The zero-order chi connectivity index (χ0) is 50.8. The maximum absolute atomic E-state index is 13.0. The fraction of sp³-hybridized carbons (Fsp3) is 0.847. The van der Waals surface area contributed by atoms with Crippen molar-refractivity contribution >= 4 is 13.7 Å². The smallest absolute Gasteiger partial charge is 0.268 e. The van der Waals surface area contributed by atoms with Gasteiger partial charge in [-0.25, -0.2) is 0 Å². The van der Waals surface area contributed by atoms with Crippen molar-refractivity contribution in [1.82, 2.24) is 5.32 Å². The zero-order valence-electron chi connectivity index (χ0n) is 45.9. The lowest BCUT2D eigenvalue weighted by molar-refractivity contribution is -0.870. The molecule has 69 heavy (non-hydrogen) atoms. The second-order valence-electron chi connectivity index (χ2n) is 21.1. The van der Waals surface area contributed by atoms with Gasteiger partial charge in [0.1, 0.15) is 19.3 Å². The first-order valence-electron chi connectivity index (χ1n) is 29.0. The second kappa shape index (κ2) is 50.0. The number of nitrogens with zero attached hydrogens (tertiary/aromatic N) is 1. The lowest BCUT2D eigenvalue weighted by Gasteiger charge is -2.31. The maximum atomic E-state index is 13.0. The molecule has 0 aromatic rings. The number of aliphatic hydroxyl groups is 2. The minimum Gasteiger partial charge on any atom is -0.756 e. The van der Waals surface area contributed by atoms with Gasteiger partial charge in [-0.1, -0.05) is 222 Å². The van der Waals surface area contributed by atoms with Gasteiger partial charge >= 0.3 is 0 Å². The van der Waals surface area contributed by atoms with E-state index < -0.39 is 32.7 Å². The normalized spacial score (nSPS) is 14.7. The number of nitrogens with one attached hydrogen (secondary N) is 1. The number of carbonyl (C=O) groups is 1. The molecule has 0 aliphatic heterocycles. The first-order valence-corrected chi connectivity index (χ1v) is 30.5. The van der Waals surface area contributed by atoms with Gasteiger partial charge in [0.15, 0.2) is 0 Å². The molecule has 0 bridgehead atoms. The van der Waals surface area contributed by atoms with E-state index in [2.05, 4.69) is 60.8 Å². The van der Waals surface area contributed by atoms with Crippen LogP contribution < -0.4 is 10.2 Å². The fourth-order valence-corrected chi connectivity index (χ4v) is 9.31. The number of amides is 1. The molecule has 10 heteroatoms. The minimum absolute atomic E-state index is 0.0500. The van der Waals surface area contributed by atoms with Crippen LogP contribution >= 0.6 is 7.82 Å². The van der Waals surface area contributed by atoms with E-state index >= 15 is 0 Å². The fourth-order valence-electron chi connectivity index (χ4n) is 8.58. The summed E-state index contributed by atoms with van der Waals surface area (Å²) in [7, 11) is 1.10. The Kier molecular flexibility index (Phi) is 48.8. The average Bonchev–Trinajstić information content (AvgIpc) is 3.31. The maximum Gasteiger partial charge on any atom is 0.268 e. The van der Waals surface area contributed by atoms with Gasteiger partial charge in [-0.3, -0.25) is 9.36 Å².